The molecule has 0 aromatic heterocycles. The molecule has 0 radical (unpaired) electrons. The Bertz CT molecular complexity index is 1320. The Morgan fingerprint density at radius 2 is 1.81 bits per heavy atom. The van der Waals surface area contributed by atoms with Crippen molar-refractivity contribution < 1.29 is 14.3 Å². The summed E-state index contributed by atoms with van der Waals surface area (Å²) in [6.45, 7) is 7.89. The van der Waals surface area contributed by atoms with Crippen molar-refractivity contribution in [3.8, 4) is 11.5 Å². The zero-order valence-corrected chi connectivity index (χ0v) is 21.6. The molecule has 0 aliphatic carbocycles. The second kappa shape index (κ2) is 9.55. The van der Waals surface area contributed by atoms with Gasteiger partial charge in [0.15, 0.2) is 11.5 Å². The predicted octanol–water partition coefficient (Wildman–Crippen LogP) is 6.34. The highest BCUT2D eigenvalue weighted by Crippen LogP contribution is 2.52. The highest BCUT2D eigenvalue weighted by Gasteiger charge is 2.57. The van der Waals surface area contributed by atoms with E-state index < -0.39 is 5.66 Å². The number of anilines is 1. The quantitative estimate of drug-likeness (QED) is 0.409. The first-order valence-electron chi connectivity index (χ1n) is 12.4. The standard InChI is InChI=1S/C30H31ClN2O3/c1-4-35-27-19-21(13-14-26(27)36-20-22-9-5-7-11-24(22)31)15-17-30-29(2,3)23-10-6-8-12-25(23)33(30)18-16-28(34)32-30/h5-15,17,19H,4,16,18,20H2,1-3H3,(H,32,34)/b17-15+/t30-/m0/s1. The minimum absolute atomic E-state index is 0.0649. The fourth-order valence-electron chi connectivity index (χ4n) is 5.32. The number of carbonyl (C=O) groups is 1. The fourth-order valence-corrected chi connectivity index (χ4v) is 5.51. The van der Waals surface area contributed by atoms with Crippen molar-refractivity contribution >= 4 is 29.3 Å². The number of ether oxygens (including phenoxy) is 2. The van der Waals surface area contributed by atoms with Gasteiger partial charge >= 0.3 is 0 Å². The number of para-hydroxylation sites is 1. The van der Waals surface area contributed by atoms with Crippen LogP contribution in [0.25, 0.3) is 6.08 Å². The van der Waals surface area contributed by atoms with Crippen LogP contribution in [0.4, 0.5) is 5.69 Å². The second-order valence-corrected chi connectivity index (χ2v) is 10.1. The molecule has 1 amide bonds. The average Bonchev–Trinajstić information content (AvgIpc) is 3.06. The van der Waals surface area contributed by atoms with Crippen molar-refractivity contribution in [3.05, 3.63) is 94.5 Å². The molecule has 3 aromatic carbocycles. The van der Waals surface area contributed by atoms with Crippen LogP contribution in [0.1, 0.15) is 43.9 Å². The molecule has 6 heteroatoms. The fraction of sp³-hybridized carbons (Fsp3) is 0.300. The zero-order chi connectivity index (χ0) is 25.3. The Balaban J connectivity index is 1.45. The maximum Gasteiger partial charge on any atom is 0.223 e. The first-order valence-corrected chi connectivity index (χ1v) is 12.7. The van der Waals surface area contributed by atoms with Crippen LogP contribution in [0.5, 0.6) is 11.5 Å². The summed E-state index contributed by atoms with van der Waals surface area (Å²) >= 11 is 6.29. The van der Waals surface area contributed by atoms with Gasteiger partial charge in [0.25, 0.3) is 0 Å². The summed E-state index contributed by atoms with van der Waals surface area (Å²) in [6, 6.07) is 22.0. The minimum Gasteiger partial charge on any atom is -0.490 e. The van der Waals surface area contributed by atoms with E-state index in [4.69, 9.17) is 21.1 Å². The molecule has 1 saturated heterocycles. The SMILES string of the molecule is CCOc1cc(/C=C/[C@]23NC(=O)CCN2c2ccccc2C3(C)C)ccc1OCc1ccccc1Cl. The molecule has 36 heavy (non-hydrogen) atoms. The van der Waals surface area contributed by atoms with Crippen LogP contribution in [-0.4, -0.2) is 24.7 Å². The molecule has 5 nitrogen and oxygen atoms in total. The highest BCUT2D eigenvalue weighted by atomic mass is 35.5. The van der Waals surface area contributed by atoms with Crippen molar-refractivity contribution in [2.24, 2.45) is 0 Å². The number of benzene rings is 3. The Hall–Kier alpha value is -3.44. The topological polar surface area (TPSA) is 50.8 Å². The summed E-state index contributed by atoms with van der Waals surface area (Å²) in [6.07, 6.45) is 4.66. The summed E-state index contributed by atoms with van der Waals surface area (Å²) in [4.78, 5) is 15.0. The number of hydrogen-bond donors (Lipinski definition) is 1. The monoisotopic (exact) mass is 502 g/mol. The van der Waals surface area contributed by atoms with Gasteiger partial charge in [-0.2, -0.15) is 0 Å². The van der Waals surface area contributed by atoms with Crippen LogP contribution >= 0.6 is 11.6 Å². The Morgan fingerprint density at radius 1 is 1.03 bits per heavy atom. The molecule has 0 spiro atoms. The number of nitrogens with one attached hydrogen (secondary N) is 1. The van der Waals surface area contributed by atoms with E-state index in [9.17, 15) is 4.79 Å². The lowest BCUT2D eigenvalue weighted by molar-refractivity contribution is -0.124. The Morgan fingerprint density at radius 3 is 2.61 bits per heavy atom. The molecule has 186 valence electrons. The van der Waals surface area contributed by atoms with Crippen molar-refractivity contribution in [1.82, 2.24) is 5.32 Å². The first-order chi connectivity index (χ1) is 17.4. The molecule has 2 aliphatic heterocycles. The third-order valence-corrected chi connectivity index (χ3v) is 7.63. The molecule has 5 rings (SSSR count). The molecular weight excluding hydrogens is 472 g/mol. The Labute approximate surface area is 217 Å². The van der Waals surface area contributed by atoms with E-state index in [0.29, 0.717) is 42.7 Å². The number of halogens is 1. The molecule has 1 N–H and O–H groups in total. The number of nitrogens with zero attached hydrogens (tertiary/aromatic N) is 1. The van der Waals surface area contributed by atoms with E-state index in [-0.39, 0.29) is 11.3 Å². The van der Waals surface area contributed by atoms with E-state index in [2.05, 4.69) is 60.5 Å². The van der Waals surface area contributed by atoms with Gasteiger partial charge < -0.3 is 19.7 Å². The predicted molar refractivity (Wildman–Crippen MR) is 145 cm³/mol. The van der Waals surface area contributed by atoms with E-state index >= 15 is 0 Å². The molecular formula is C30H31ClN2O3. The normalized spacial score (nSPS) is 20.1. The van der Waals surface area contributed by atoms with Gasteiger partial charge in [0.1, 0.15) is 12.3 Å². The molecule has 0 bridgehead atoms. The largest absolute Gasteiger partial charge is 0.490 e. The van der Waals surface area contributed by atoms with E-state index in [1.807, 2.05) is 49.4 Å². The summed E-state index contributed by atoms with van der Waals surface area (Å²) in [7, 11) is 0. The third-order valence-electron chi connectivity index (χ3n) is 7.26. The summed E-state index contributed by atoms with van der Waals surface area (Å²) < 4.78 is 12.0. The summed E-state index contributed by atoms with van der Waals surface area (Å²) in [5, 5.41) is 4.00. The summed E-state index contributed by atoms with van der Waals surface area (Å²) in [5.41, 5.74) is 3.31. The van der Waals surface area contributed by atoms with Crippen molar-refractivity contribution in [2.75, 3.05) is 18.1 Å². The molecule has 2 aliphatic rings. The molecule has 0 saturated carbocycles. The van der Waals surface area contributed by atoms with Gasteiger partial charge in [-0.05, 0) is 48.4 Å². The van der Waals surface area contributed by atoms with E-state index in [1.54, 1.807) is 0 Å². The van der Waals surface area contributed by atoms with Gasteiger partial charge in [0.05, 0.1) is 6.61 Å². The zero-order valence-electron chi connectivity index (χ0n) is 20.9. The lowest BCUT2D eigenvalue weighted by Gasteiger charge is -2.49. The number of fused-ring (bicyclic) bond motifs is 3. The maximum absolute atomic E-state index is 12.6. The van der Waals surface area contributed by atoms with Crippen LogP contribution in [0, 0.1) is 0 Å². The number of rotatable bonds is 7. The van der Waals surface area contributed by atoms with Crippen LogP contribution < -0.4 is 19.7 Å². The third kappa shape index (κ3) is 4.11. The van der Waals surface area contributed by atoms with Gasteiger partial charge in [-0.15, -0.1) is 0 Å². The van der Waals surface area contributed by atoms with Crippen molar-refractivity contribution in [1.29, 1.82) is 0 Å². The molecule has 1 fully saturated rings. The van der Waals surface area contributed by atoms with Gasteiger partial charge in [-0.3, -0.25) is 4.79 Å². The van der Waals surface area contributed by atoms with Gasteiger partial charge in [-0.25, -0.2) is 0 Å². The Kier molecular flexibility index (Phi) is 6.44. The molecule has 0 unspecified atom stereocenters. The van der Waals surface area contributed by atoms with E-state index in [0.717, 1.165) is 11.1 Å². The van der Waals surface area contributed by atoms with Gasteiger partial charge in [0, 0.05) is 34.7 Å². The second-order valence-electron chi connectivity index (χ2n) is 9.71. The molecule has 3 aromatic rings. The number of amides is 1. The van der Waals surface area contributed by atoms with Crippen LogP contribution in [0.2, 0.25) is 5.02 Å². The van der Waals surface area contributed by atoms with Crippen LogP contribution in [0.3, 0.4) is 0 Å². The number of carbonyl (C=O) groups excluding carboxylic acids is 1. The minimum atomic E-state index is -0.656. The average molecular weight is 503 g/mol. The smallest absolute Gasteiger partial charge is 0.223 e. The van der Waals surface area contributed by atoms with Crippen molar-refractivity contribution in [3.63, 3.8) is 0 Å². The first kappa shape index (κ1) is 24.3. The highest BCUT2D eigenvalue weighted by molar-refractivity contribution is 6.31. The van der Waals surface area contributed by atoms with Crippen LogP contribution in [0.15, 0.2) is 72.8 Å². The lowest BCUT2D eigenvalue weighted by Crippen LogP contribution is -2.68. The molecule has 2 heterocycles. The maximum atomic E-state index is 12.6. The van der Waals surface area contributed by atoms with Crippen molar-refractivity contribution in [2.45, 2.75) is 44.9 Å². The van der Waals surface area contributed by atoms with E-state index in [1.165, 1.54) is 11.3 Å². The molecule has 1 atom stereocenters. The van der Waals surface area contributed by atoms with Gasteiger partial charge in [-0.1, -0.05) is 74.0 Å². The van der Waals surface area contributed by atoms with Crippen LogP contribution in [-0.2, 0) is 16.8 Å². The number of hydrogen-bond acceptors (Lipinski definition) is 4. The summed E-state index contributed by atoms with van der Waals surface area (Å²) in [5.74, 6) is 1.39. The lowest BCUT2D eigenvalue weighted by atomic mass is 9.74. The van der Waals surface area contributed by atoms with Gasteiger partial charge in [0.2, 0.25) is 5.91 Å².